The van der Waals surface area contributed by atoms with Gasteiger partial charge in [-0.2, -0.15) is 0 Å². The minimum atomic E-state index is -0.616. The van der Waals surface area contributed by atoms with Gasteiger partial charge in [-0.25, -0.2) is 0 Å². The quantitative estimate of drug-likeness (QED) is 0.741. The summed E-state index contributed by atoms with van der Waals surface area (Å²) >= 11 is 0. The first-order valence-corrected chi connectivity index (χ1v) is 7.06. The Labute approximate surface area is 127 Å². The lowest BCUT2D eigenvalue weighted by molar-refractivity contribution is -0.137. The van der Waals surface area contributed by atoms with Gasteiger partial charge in [-0.3, -0.25) is 4.79 Å². The number of hydrogen-bond donors (Lipinski definition) is 1. The van der Waals surface area contributed by atoms with Crippen molar-refractivity contribution in [2.24, 2.45) is 0 Å². The molecule has 0 aromatic heterocycles. The molecule has 0 atom stereocenters. The van der Waals surface area contributed by atoms with Crippen LogP contribution >= 0.6 is 0 Å². The molecule has 0 heterocycles. The molecule has 0 unspecified atom stereocenters. The van der Waals surface area contributed by atoms with Crippen molar-refractivity contribution in [3.05, 3.63) is 29.8 Å². The minimum Gasteiger partial charge on any atom is -0.399 e. The highest BCUT2D eigenvalue weighted by Crippen LogP contribution is 2.26. The maximum atomic E-state index is 12.8. The molecule has 0 saturated carbocycles. The van der Waals surface area contributed by atoms with Crippen LogP contribution in [0.15, 0.2) is 24.3 Å². The fourth-order valence-corrected chi connectivity index (χ4v) is 2.14. The molecule has 0 aliphatic carbocycles. The molecule has 1 aromatic rings. The molecule has 1 aromatic carbocycles. The molecule has 5 heteroatoms. The summed E-state index contributed by atoms with van der Waals surface area (Å²) in [5.41, 5.74) is 6.73. The van der Waals surface area contributed by atoms with Crippen LogP contribution in [0.4, 0.5) is 5.69 Å². The molecule has 0 bridgehead atoms. The van der Waals surface area contributed by atoms with E-state index in [4.69, 9.17) is 15.2 Å². The van der Waals surface area contributed by atoms with Gasteiger partial charge in [-0.15, -0.1) is 0 Å². The number of carbonyl (C=O) groups excluding carboxylic acids is 1. The van der Waals surface area contributed by atoms with E-state index in [-0.39, 0.29) is 5.91 Å². The first-order chi connectivity index (χ1) is 9.93. The van der Waals surface area contributed by atoms with Gasteiger partial charge in [-0.1, -0.05) is 12.1 Å². The summed E-state index contributed by atoms with van der Waals surface area (Å²) in [6.45, 7) is 5.97. The van der Waals surface area contributed by atoms with Gasteiger partial charge in [0.15, 0.2) is 0 Å². The first kappa shape index (κ1) is 17.5. The van der Waals surface area contributed by atoms with Crippen molar-refractivity contribution >= 4 is 11.6 Å². The average Bonchev–Trinajstić information content (AvgIpc) is 2.47. The fraction of sp³-hybridized carbons (Fsp3) is 0.562. The summed E-state index contributed by atoms with van der Waals surface area (Å²) in [4.78, 5) is 14.6. The lowest BCUT2D eigenvalue weighted by atomic mass is 9.83. The normalized spacial score (nSPS) is 11.4. The van der Waals surface area contributed by atoms with Gasteiger partial charge < -0.3 is 20.1 Å². The largest absolute Gasteiger partial charge is 0.399 e. The second kappa shape index (κ2) is 8.00. The van der Waals surface area contributed by atoms with Crippen molar-refractivity contribution in [2.45, 2.75) is 19.3 Å². The Morgan fingerprint density at radius 2 is 1.57 bits per heavy atom. The van der Waals surface area contributed by atoms with Gasteiger partial charge in [0, 0.05) is 33.0 Å². The van der Waals surface area contributed by atoms with Crippen LogP contribution in [-0.4, -0.2) is 51.3 Å². The van der Waals surface area contributed by atoms with E-state index in [1.54, 1.807) is 19.1 Å². The maximum absolute atomic E-state index is 12.8. The second-order valence-electron chi connectivity index (χ2n) is 5.52. The maximum Gasteiger partial charge on any atom is 0.232 e. The standard InChI is InChI=1S/C16H26N2O3/c1-16(2,13-5-7-14(17)8-6-13)15(19)18(9-11-20-3)10-12-21-4/h5-8H,9-12,17H2,1-4H3. The molecular formula is C16H26N2O3. The Morgan fingerprint density at radius 3 is 2.00 bits per heavy atom. The van der Waals surface area contributed by atoms with E-state index < -0.39 is 5.41 Å². The number of carbonyl (C=O) groups is 1. The molecular weight excluding hydrogens is 268 g/mol. The molecule has 5 nitrogen and oxygen atoms in total. The Balaban J connectivity index is 2.90. The number of benzene rings is 1. The van der Waals surface area contributed by atoms with Crippen LogP contribution in [0.1, 0.15) is 19.4 Å². The summed E-state index contributed by atoms with van der Waals surface area (Å²) < 4.78 is 10.2. The summed E-state index contributed by atoms with van der Waals surface area (Å²) in [6.07, 6.45) is 0. The number of rotatable bonds is 8. The summed E-state index contributed by atoms with van der Waals surface area (Å²) in [7, 11) is 3.26. The second-order valence-corrected chi connectivity index (χ2v) is 5.52. The number of nitrogens with zero attached hydrogens (tertiary/aromatic N) is 1. The van der Waals surface area contributed by atoms with Gasteiger partial charge in [0.1, 0.15) is 0 Å². The SMILES string of the molecule is COCCN(CCOC)C(=O)C(C)(C)c1ccc(N)cc1. The van der Waals surface area contributed by atoms with Gasteiger partial charge in [0.25, 0.3) is 0 Å². The molecule has 0 spiro atoms. The first-order valence-electron chi connectivity index (χ1n) is 7.06. The molecule has 0 aliphatic rings. The van der Waals surface area contributed by atoms with Crippen LogP contribution in [0.2, 0.25) is 0 Å². The van der Waals surface area contributed by atoms with Crippen LogP contribution in [0, 0.1) is 0 Å². The number of anilines is 1. The predicted molar refractivity (Wildman–Crippen MR) is 84.2 cm³/mol. The zero-order chi connectivity index (χ0) is 15.9. The summed E-state index contributed by atoms with van der Waals surface area (Å²) in [6, 6.07) is 7.44. The number of nitrogens with two attached hydrogens (primary N) is 1. The Morgan fingerprint density at radius 1 is 1.10 bits per heavy atom. The van der Waals surface area contributed by atoms with Crippen LogP contribution in [0.3, 0.4) is 0 Å². The minimum absolute atomic E-state index is 0.0568. The van der Waals surface area contributed by atoms with E-state index in [1.807, 2.05) is 38.1 Å². The molecule has 1 amide bonds. The van der Waals surface area contributed by atoms with Gasteiger partial charge in [-0.05, 0) is 31.5 Å². The van der Waals surface area contributed by atoms with Crippen LogP contribution in [-0.2, 0) is 19.7 Å². The van der Waals surface area contributed by atoms with E-state index in [0.717, 1.165) is 5.56 Å². The van der Waals surface area contributed by atoms with E-state index in [2.05, 4.69) is 0 Å². The van der Waals surface area contributed by atoms with E-state index in [0.29, 0.717) is 32.0 Å². The van der Waals surface area contributed by atoms with Crippen molar-refractivity contribution in [3.8, 4) is 0 Å². The lowest BCUT2D eigenvalue weighted by Crippen LogP contribution is -2.46. The highest BCUT2D eigenvalue weighted by molar-refractivity contribution is 5.87. The monoisotopic (exact) mass is 294 g/mol. The van der Waals surface area contributed by atoms with Crippen molar-refractivity contribution in [1.29, 1.82) is 0 Å². The highest BCUT2D eigenvalue weighted by atomic mass is 16.5. The highest BCUT2D eigenvalue weighted by Gasteiger charge is 2.33. The number of ether oxygens (including phenoxy) is 2. The Bertz CT molecular complexity index is 435. The van der Waals surface area contributed by atoms with Crippen molar-refractivity contribution in [3.63, 3.8) is 0 Å². The Hall–Kier alpha value is -1.59. The third-order valence-electron chi connectivity index (χ3n) is 3.58. The number of hydrogen-bond acceptors (Lipinski definition) is 4. The lowest BCUT2D eigenvalue weighted by Gasteiger charge is -2.32. The zero-order valence-corrected chi connectivity index (χ0v) is 13.4. The van der Waals surface area contributed by atoms with Gasteiger partial charge >= 0.3 is 0 Å². The van der Waals surface area contributed by atoms with Crippen molar-refractivity contribution in [2.75, 3.05) is 46.3 Å². The molecule has 2 N–H and O–H groups in total. The third kappa shape index (κ3) is 4.72. The summed E-state index contributed by atoms with van der Waals surface area (Å²) in [5.74, 6) is 0.0568. The fourth-order valence-electron chi connectivity index (χ4n) is 2.14. The van der Waals surface area contributed by atoms with E-state index >= 15 is 0 Å². The van der Waals surface area contributed by atoms with Crippen LogP contribution in [0.5, 0.6) is 0 Å². The summed E-state index contributed by atoms with van der Waals surface area (Å²) in [5, 5.41) is 0. The smallest absolute Gasteiger partial charge is 0.232 e. The topological polar surface area (TPSA) is 64.8 Å². The van der Waals surface area contributed by atoms with E-state index in [1.165, 1.54) is 0 Å². The zero-order valence-electron chi connectivity index (χ0n) is 13.4. The average molecular weight is 294 g/mol. The van der Waals surface area contributed by atoms with Crippen molar-refractivity contribution < 1.29 is 14.3 Å². The van der Waals surface area contributed by atoms with Gasteiger partial charge in [0.2, 0.25) is 5.91 Å². The number of nitrogen functional groups attached to an aromatic ring is 1. The molecule has 0 saturated heterocycles. The molecule has 0 aliphatic heterocycles. The molecule has 118 valence electrons. The predicted octanol–water partition coefficient (Wildman–Crippen LogP) is 1.67. The molecule has 1 rings (SSSR count). The van der Waals surface area contributed by atoms with Crippen LogP contribution < -0.4 is 5.73 Å². The van der Waals surface area contributed by atoms with E-state index in [9.17, 15) is 4.79 Å². The number of methoxy groups -OCH3 is 2. The van der Waals surface area contributed by atoms with Crippen molar-refractivity contribution in [1.82, 2.24) is 4.90 Å². The van der Waals surface area contributed by atoms with Crippen LogP contribution in [0.25, 0.3) is 0 Å². The van der Waals surface area contributed by atoms with Gasteiger partial charge in [0.05, 0.1) is 18.6 Å². The molecule has 21 heavy (non-hydrogen) atoms. The number of amides is 1. The molecule has 0 fully saturated rings. The Kier molecular flexibility index (Phi) is 6.65. The molecule has 0 radical (unpaired) electrons. The third-order valence-corrected chi connectivity index (χ3v) is 3.58.